The Hall–Kier alpha value is -2.93. The van der Waals surface area contributed by atoms with E-state index in [1.165, 1.54) is 0 Å². The molecule has 0 spiro atoms. The molecule has 2 aromatic heterocycles. The van der Waals surface area contributed by atoms with Crippen LogP contribution in [0.2, 0.25) is 0 Å². The van der Waals surface area contributed by atoms with Crippen molar-refractivity contribution in [1.82, 2.24) is 19.9 Å². The molecule has 28 heavy (non-hydrogen) atoms. The van der Waals surface area contributed by atoms with Crippen molar-refractivity contribution in [1.29, 1.82) is 0 Å². The lowest BCUT2D eigenvalue weighted by atomic mass is 10.1. The van der Waals surface area contributed by atoms with Gasteiger partial charge in [0.15, 0.2) is 5.82 Å². The van der Waals surface area contributed by atoms with E-state index in [-0.39, 0.29) is 11.9 Å². The first-order valence-corrected chi connectivity index (χ1v) is 9.77. The molecule has 1 aliphatic heterocycles. The highest BCUT2D eigenvalue weighted by molar-refractivity contribution is 7.97. The van der Waals surface area contributed by atoms with Crippen LogP contribution in [0.1, 0.15) is 40.6 Å². The molecular weight excluding hydrogens is 370 g/mol. The zero-order valence-corrected chi connectivity index (χ0v) is 16.0. The molecule has 1 aromatic carbocycles. The lowest BCUT2D eigenvalue weighted by Gasteiger charge is -2.22. The number of hydrogen-bond donors (Lipinski definition) is 2. The molecule has 3 heterocycles. The molecule has 1 fully saturated rings. The topological polar surface area (TPSA) is 72.2 Å². The number of fused-ring (bicyclic) bond motifs is 1. The van der Waals surface area contributed by atoms with Crippen molar-refractivity contribution < 1.29 is 4.79 Å². The summed E-state index contributed by atoms with van der Waals surface area (Å²) in [5.41, 5.74) is 3.78. The first-order chi connectivity index (χ1) is 13.7. The summed E-state index contributed by atoms with van der Waals surface area (Å²) in [7, 11) is 0. The average Bonchev–Trinajstić information content (AvgIpc) is 3.44. The first kappa shape index (κ1) is 17.2. The minimum absolute atomic E-state index is 0.00751. The summed E-state index contributed by atoms with van der Waals surface area (Å²) in [6.45, 7) is 0.683. The monoisotopic (exact) mass is 389 g/mol. The molecule has 1 atom stereocenters. The summed E-state index contributed by atoms with van der Waals surface area (Å²) in [6.07, 6.45) is 7.56. The fraction of sp³-hybridized carbons (Fsp3) is 0.238. The van der Waals surface area contributed by atoms with Crippen LogP contribution in [-0.4, -0.2) is 31.5 Å². The molecule has 140 valence electrons. The van der Waals surface area contributed by atoms with Crippen LogP contribution < -0.4 is 5.32 Å². The Morgan fingerprint density at radius 1 is 1.11 bits per heavy atom. The zero-order valence-electron chi connectivity index (χ0n) is 15.1. The van der Waals surface area contributed by atoms with Gasteiger partial charge in [-0.1, -0.05) is 12.1 Å². The van der Waals surface area contributed by atoms with E-state index in [4.69, 9.17) is 0 Å². The number of carbonyl (C=O) groups is 1. The number of aromatic nitrogens is 3. The molecule has 1 N–H and O–H groups in total. The molecule has 7 heteroatoms. The third-order valence-electron chi connectivity index (χ3n) is 5.14. The summed E-state index contributed by atoms with van der Waals surface area (Å²) in [6, 6.07) is 12.0. The van der Waals surface area contributed by atoms with E-state index in [0.29, 0.717) is 23.2 Å². The highest BCUT2D eigenvalue weighted by atomic mass is 32.1. The van der Waals surface area contributed by atoms with Crippen molar-refractivity contribution >= 4 is 23.6 Å². The van der Waals surface area contributed by atoms with Crippen molar-refractivity contribution in [3.05, 3.63) is 71.9 Å². The quantitative estimate of drug-likeness (QED) is 0.673. The van der Waals surface area contributed by atoms with Crippen molar-refractivity contribution in [2.75, 3.05) is 0 Å². The standard InChI is InChI=1S/C21H19N5OS/c27-20(24-16-5-6-16)15-3-1-14(2-4-15)18-11-23-19-21(28)25-17(12-26(18)19)13-7-9-22-10-8-13/h1-4,7-11,16-17H,5-6,12H2,(H,24,27)(H,25,28). The second-order valence-corrected chi connectivity index (χ2v) is 7.58. The summed E-state index contributed by atoms with van der Waals surface area (Å²) < 4.78 is 2.14. The fourth-order valence-corrected chi connectivity index (χ4v) is 3.76. The van der Waals surface area contributed by atoms with Gasteiger partial charge >= 0.3 is 0 Å². The molecule has 1 amide bonds. The molecule has 1 unspecified atom stereocenters. The molecule has 1 aliphatic carbocycles. The normalized spacial score (nSPS) is 18.3. The van der Waals surface area contributed by atoms with E-state index in [1.807, 2.05) is 42.6 Å². The summed E-state index contributed by atoms with van der Waals surface area (Å²) >= 11 is 4.55. The number of nitrogens with one attached hydrogen (secondary N) is 1. The Bertz CT molecular complexity index is 1050. The van der Waals surface area contributed by atoms with E-state index < -0.39 is 0 Å². The number of hydrogen-bond acceptors (Lipinski definition) is 4. The minimum Gasteiger partial charge on any atom is -0.349 e. The van der Waals surface area contributed by atoms with Crippen LogP contribution in [0.5, 0.6) is 0 Å². The Morgan fingerprint density at radius 3 is 2.57 bits per heavy atom. The number of imidazole rings is 1. The van der Waals surface area contributed by atoms with Crippen LogP contribution in [0.15, 0.2) is 60.0 Å². The van der Waals surface area contributed by atoms with E-state index in [2.05, 4.69) is 37.5 Å². The second kappa shape index (κ2) is 6.91. The van der Waals surface area contributed by atoms with Crippen LogP contribution in [0.25, 0.3) is 11.3 Å². The number of carbonyl (C=O) groups excluding carboxylic acids is 1. The van der Waals surface area contributed by atoms with Gasteiger partial charge in [-0.05, 0) is 48.2 Å². The lowest BCUT2D eigenvalue weighted by molar-refractivity contribution is 0.0951. The zero-order chi connectivity index (χ0) is 19.1. The molecule has 0 saturated heterocycles. The number of nitrogens with zero attached hydrogens (tertiary/aromatic N) is 4. The molecule has 6 nitrogen and oxygen atoms in total. The Morgan fingerprint density at radius 2 is 1.86 bits per heavy atom. The van der Waals surface area contributed by atoms with Crippen molar-refractivity contribution in [3.8, 4) is 11.3 Å². The van der Waals surface area contributed by atoms with Crippen molar-refractivity contribution in [3.63, 3.8) is 0 Å². The Labute approximate surface area is 168 Å². The van der Waals surface area contributed by atoms with Gasteiger partial charge in [-0.3, -0.25) is 14.8 Å². The van der Waals surface area contributed by atoms with Gasteiger partial charge < -0.3 is 9.88 Å². The highest BCUT2D eigenvalue weighted by Crippen LogP contribution is 2.31. The summed E-state index contributed by atoms with van der Waals surface area (Å²) in [4.78, 5) is 25.5. The van der Waals surface area contributed by atoms with E-state index >= 15 is 0 Å². The number of benzene rings is 1. The first-order valence-electron chi connectivity index (χ1n) is 9.33. The van der Waals surface area contributed by atoms with Gasteiger partial charge in [-0.2, -0.15) is 0 Å². The maximum Gasteiger partial charge on any atom is 0.251 e. The van der Waals surface area contributed by atoms with Crippen LogP contribution in [0, 0.1) is 0 Å². The molecule has 1 saturated carbocycles. The van der Waals surface area contributed by atoms with Gasteiger partial charge in [-0.25, -0.2) is 4.98 Å². The van der Waals surface area contributed by atoms with E-state index in [9.17, 15) is 4.79 Å². The average molecular weight is 389 g/mol. The predicted molar refractivity (Wildman–Crippen MR) is 111 cm³/mol. The Kier molecular flexibility index (Phi) is 4.24. The third-order valence-corrected chi connectivity index (χ3v) is 5.45. The largest absolute Gasteiger partial charge is 0.349 e. The number of thiol groups is 1. The Balaban J connectivity index is 1.44. The third kappa shape index (κ3) is 3.22. The molecular formula is C21H19N5OS. The highest BCUT2D eigenvalue weighted by Gasteiger charge is 2.25. The predicted octanol–water partition coefficient (Wildman–Crippen LogP) is 3.27. The van der Waals surface area contributed by atoms with Gasteiger partial charge in [0, 0.05) is 24.0 Å². The maximum atomic E-state index is 12.2. The maximum absolute atomic E-state index is 12.2. The molecule has 0 bridgehead atoms. The molecule has 3 aromatic rings. The van der Waals surface area contributed by atoms with Crippen molar-refractivity contribution in [2.24, 2.45) is 4.99 Å². The smallest absolute Gasteiger partial charge is 0.251 e. The lowest BCUT2D eigenvalue weighted by Crippen LogP contribution is -2.25. The van der Waals surface area contributed by atoms with E-state index in [1.54, 1.807) is 12.4 Å². The summed E-state index contributed by atoms with van der Waals surface area (Å²) in [5.74, 6) is 0.756. The number of amides is 1. The SMILES string of the molecule is O=C(NC1CC1)c1ccc(-c2cnc3n2CC(c2ccncc2)N=C3S)cc1. The van der Waals surface area contributed by atoms with Crippen LogP contribution >= 0.6 is 12.6 Å². The molecule has 2 aliphatic rings. The van der Waals surface area contributed by atoms with Crippen LogP contribution in [-0.2, 0) is 6.54 Å². The number of rotatable bonds is 4. The molecule has 5 rings (SSSR count). The second-order valence-electron chi connectivity index (χ2n) is 7.15. The van der Waals surface area contributed by atoms with Gasteiger partial charge in [-0.15, -0.1) is 12.6 Å². The van der Waals surface area contributed by atoms with E-state index in [0.717, 1.165) is 35.5 Å². The van der Waals surface area contributed by atoms with Crippen molar-refractivity contribution in [2.45, 2.75) is 31.5 Å². The van der Waals surface area contributed by atoms with Gasteiger partial charge in [0.1, 0.15) is 5.04 Å². The van der Waals surface area contributed by atoms with Crippen LogP contribution in [0.4, 0.5) is 0 Å². The number of pyridine rings is 1. The summed E-state index contributed by atoms with van der Waals surface area (Å²) in [5, 5.41) is 3.64. The minimum atomic E-state index is -0.0282. The fourth-order valence-electron chi connectivity index (χ4n) is 3.44. The van der Waals surface area contributed by atoms with Gasteiger partial charge in [0.05, 0.1) is 24.5 Å². The molecule has 0 radical (unpaired) electrons. The number of aliphatic imine (C=N–C) groups is 1. The van der Waals surface area contributed by atoms with Gasteiger partial charge in [0.25, 0.3) is 5.91 Å². The van der Waals surface area contributed by atoms with Gasteiger partial charge in [0.2, 0.25) is 0 Å². The van der Waals surface area contributed by atoms with Crippen LogP contribution in [0.3, 0.4) is 0 Å².